The lowest BCUT2D eigenvalue weighted by atomic mass is 9.91. The highest BCUT2D eigenvalue weighted by molar-refractivity contribution is 5.98. The average Bonchev–Trinajstić information content (AvgIpc) is 2.92. The Hall–Kier alpha value is -2.62. The van der Waals surface area contributed by atoms with Crippen molar-refractivity contribution in [3.05, 3.63) is 57.4 Å². The molecule has 0 amide bonds. The number of ketones is 1. The number of para-hydroxylation sites is 1. The van der Waals surface area contributed by atoms with Crippen molar-refractivity contribution in [3.63, 3.8) is 0 Å². The second kappa shape index (κ2) is 5.54. The van der Waals surface area contributed by atoms with Gasteiger partial charge in [-0.05, 0) is 31.9 Å². The third-order valence-electron chi connectivity index (χ3n) is 3.97. The van der Waals surface area contributed by atoms with Gasteiger partial charge in [-0.25, -0.2) is 4.79 Å². The summed E-state index contributed by atoms with van der Waals surface area (Å²) in [4.78, 5) is 24.3. The number of carbonyl (C=O) groups excluding carboxylic acids is 1. The van der Waals surface area contributed by atoms with E-state index < -0.39 is 5.63 Å². The van der Waals surface area contributed by atoms with Crippen LogP contribution in [0, 0.1) is 6.92 Å². The van der Waals surface area contributed by atoms with Crippen molar-refractivity contribution in [2.45, 2.75) is 33.6 Å². The third-order valence-corrected chi connectivity index (χ3v) is 3.97. The maximum Gasteiger partial charge on any atom is 0.340 e. The molecule has 0 aliphatic heterocycles. The van der Waals surface area contributed by atoms with Gasteiger partial charge in [-0.15, -0.1) is 0 Å². The molecule has 2 heterocycles. The quantitative estimate of drug-likeness (QED) is 0.659. The van der Waals surface area contributed by atoms with Crippen LogP contribution in [0.25, 0.3) is 22.5 Å². The number of benzene rings is 1. The molecule has 0 aliphatic carbocycles. The lowest BCUT2D eigenvalue weighted by Crippen LogP contribution is -2.16. The van der Waals surface area contributed by atoms with Crippen molar-refractivity contribution in [2.75, 3.05) is 0 Å². The highest BCUT2D eigenvalue weighted by atomic mass is 16.4. The molecule has 0 spiro atoms. The van der Waals surface area contributed by atoms with Gasteiger partial charge in [0.05, 0.1) is 0 Å². The Morgan fingerprint density at radius 1 is 1.13 bits per heavy atom. The average molecular weight is 310 g/mol. The molecule has 118 valence electrons. The van der Waals surface area contributed by atoms with Gasteiger partial charge in [0.25, 0.3) is 0 Å². The molecule has 3 rings (SSSR count). The van der Waals surface area contributed by atoms with E-state index in [4.69, 9.17) is 8.83 Å². The summed E-state index contributed by atoms with van der Waals surface area (Å²) in [6.45, 7) is 7.02. The Bertz CT molecular complexity index is 924. The molecule has 0 aliphatic rings. The number of rotatable bonds is 3. The lowest BCUT2D eigenvalue weighted by molar-refractivity contribution is 0.101. The molecule has 2 aromatic heterocycles. The van der Waals surface area contributed by atoms with Crippen molar-refractivity contribution in [3.8, 4) is 11.5 Å². The molecule has 0 bridgehead atoms. The van der Waals surface area contributed by atoms with Gasteiger partial charge in [0, 0.05) is 22.1 Å². The Kier molecular flexibility index (Phi) is 3.68. The molecule has 23 heavy (non-hydrogen) atoms. The summed E-state index contributed by atoms with van der Waals surface area (Å²) in [6.07, 6.45) is 0. The molecule has 4 nitrogen and oxygen atoms in total. The first-order valence-corrected chi connectivity index (χ1v) is 7.57. The molecule has 0 unspecified atom stereocenters. The maximum atomic E-state index is 12.2. The smallest absolute Gasteiger partial charge is 0.340 e. The van der Waals surface area contributed by atoms with Crippen LogP contribution in [-0.4, -0.2) is 5.78 Å². The first-order chi connectivity index (χ1) is 10.9. The minimum absolute atomic E-state index is 0.0140. The van der Waals surface area contributed by atoms with E-state index in [2.05, 4.69) is 0 Å². The first kappa shape index (κ1) is 15.3. The fourth-order valence-corrected chi connectivity index (χ4v) is 2.92. The maximum absolute atomic E-state index is 12.2. The van der Waals surface area contributed by atoms with Crippen LogP contribution >= 0.6 is 0 Å². The van der Waals surface area contributed by atoms with Gasteiger partial charge in [0.2, 0.25) is 0 Å². The third kappa shape index (κ3) is 2.50. The van der Waals surface area contributed by atoms with Crippen LogP contribution in [0.15, 0.2) is 44.0 Å². The normalized spacial score (nSPS) is 11.3. The zero-order valence-electron chi connectivity index (χ0n) is 13.6. The van der Waals surface area contributed by atoms with Crippen LogP contribution in [-0.2, 0) is 0 Å². The van der Waals surface area contributed by atoms with Crippen LogP contribution in [0.5, 0.6) is 0 Å². The minimum atomic E-state index is -0.505. The topological polar surface area (TPSA) is 60.4 Å². The van der Waals surface area contributed by atoms with Gasteiger partial charge in [-0.2, -0.15) is 0 Å². The van der Waals surface area contributed by atoms with Gasteiger partial charge in [0.15, 0.2) is 17.3 Å². The second-order valence-corrected chi connectivity index (χ2v) is 5.99. The predicted octanol–water partition coefficient (Wildman–Crippen LogP) is 4.69. The molecular weight excluding hydrogens is 292 g/mol. The van der Waals surface area contributed by atoms with Crippen LogP contribution in [0.2, 0.25) is 0 Å². The summed E-state index contributed by atoms with van der Waals surface area (Å²) in [5.41, 5.74) is 1.71. The molecule has 0 saturated carbocycles. The van der Waals surface area contributed by atoms with Crippen LogP contribution in [0.3, 0.4) is 0 Å². The standard InChI is InChI=1S/C19H18O4/c1-10(2)16-17(12(4)20)11(3)19(21)23-18(16)15-9-13-7-5-6-8-14(13)22-15/h5-10H,1-4H3. The van der Waals surface area contributed by atoms with Crippen LogP contribution in [0.1, 0.15) is 48.2 Å². The highest BCUT2D eigenvalue weighted by Crippen LogP contribution is 2.35. The highest BCUT2D eigenvalue weighted by Gasteiger charge is 2.25. The molecule has 0 atom stereocenters. The lowest BCUT2D eigenvalue weighted by Gasteiger charge is -2.15. The SMILES string of the molecule is CC(=O)c1c(C(C)C)c(-c2cc3ccccc3o2)oc(=O)c1C. The fraction of sp³-hybridized carbons (Fsp3) is 0.263. The predicted molar refractivity (Wildman–Crippen MR) is 89.0 cm³/mol. The van der Waals surface area contributed by atoms with E-state index in [-0.39, 0.29) is 11.7 Å². The Morgan fingerprint density at radius 2 is 1.83 bits per heavy atom. The van der Waals surface area contributed by atoms with Gasteiger partial charge < -0.3 is 8.83 Å². The van der Waals surface area contributed by atoms with Crippen molar-refractivity contribution >= 4 is 16.8 Å². The molecule has 4 heteroatoms. The summed E-state index contributed by atoms with van der Waals surface area (Å²) < 4.78 is 11.3. The van der Waals surface area contributed by atoms with Crippen LogP contribution < -0.4 is 5.63 Å². The number of hydrogen-bond donors (Lipinski definition) is 0. The largest absolute Gasteiger partial charge is 0.453 e. The van der Waals surface area contributed by atoms with Gasteiger partial charge >= 0.3 is 5.63 Å². The van der Waals surface area contributed by atoms with Crippen molar-refractivity contribution in [1.29, 1.82) is 0 Å². The zero-order chi connectivity index (χ0) is 16.7. The summed E-state index contributed by atoms with van der Waals surface area (Å²) in [7, 11) is 0. The molecule has 0 saturated heterocycles. The minimum Gasteiger partial charge on any atom is -0.453 e. The molecule has 1 aromatic carbocycles. The number of Topliss-reactive ketones (excluding diaryl/α,β-unsaturated/α-hetero) is 1. The Morgan fingerprint density at radius 3 is 2.43 bits per heavy atom. The van der Waals surface area contributed by atoms with E-state index in [0.29, 0.717) is 33.8 Å². The second-order valence-electron chi connectivity index (χ2n) is 5.99. The van der Waals surface area contributed by atoms with Gasteiger partial charge in [0.1, 0.15) is 5.58 Å². The van der Waals surface area contributed by atoms with E-state index in [0.717, 1.165) is 5.39 Å². The van der Waals surface area contributed by atoms with E-state index in [1.165, 1.54) is 6.92 Å². The first-order valence-electron chi connectivity index (χ1n) is 7.57. The monoisotopic (exact) mass is 310 g/mol. The van der Waals surface area contributed by atoms with Crippen molar-refractivity contribution in [1.82, 2.24) is 0 Å². The summed E-state index contributed by atoms with van der Waals surface area (Å²) in [6, 6.07) is 9.41. The molecule has 0 radical (unpaired) electrons. The molecule has 3 aromatic rings. The number of furan rings is 1. The Balaban J connectivity index is 2.38. The number of carbonyl (C=O) groups is 1. The van der Waals surface area contributed by atoms with E-state index >= 15 is 0 Å². The van der Waals surface area contributed by atoms with Crippen molar-refractivity contribution < 1.29 is 13.6 Å². The Labute approximate surface area is 133 Å². The summed E-state index contributed by atoms with van der Waals surface area (Å²) >= 11 is 0. The van der Waals surface area contributed by atoms with Gasteiger partial charge in [-0.1, -0.05) is 32.0 Å². The molecule has 0 fully saturated rings. The fourth-order valence-electron chi connectivity index (χ4n) is 2.92. The zero-order valence-corrected chi connectivity index (χ0v) is 13.6. The molecule has 0 N–H and O–H groups in total. The van der Waals surface area contributed by atoms with Crippen LogP contribution in [0.4, 0.5) is 0 Å². The number of hydrogen-bond acceptors (Lipinski definition) is 4. The van der Waals surface area contributed by atoms with Gasteiger partial charge in [-0.3, -0.25) is 4.79 Å². The summed E-state index contributed by atoms with van der Waals surface area (Å²) in [5.74, 6) is 0.683. The van der Waals surface area contributed by atoms with E-state index in [1.54, 1.807) is 6.92 Å². The van der Waals surface area contributed by atoms with E-state index in [1.807, 2.05) is 44.2 Å². The van der Waals surface area contributed by atoms with E-state index in [9.17, 15) is 9.59 Å². The van der Waals surface area contributed by atoms with Crippen molar-refractivity contribution in [2.24, 2.45) is 0 Å². The number of fused-ring (bicyclic) bond motifs is 1. The molecular formula is C19H18O4. The summed E-state index contributed by atoms with van der Waals surface area (Å²) in [5, 5.41) is 0.921.